The van der Waals surface area contributed by atoms with E-state index in [0.29, 0.717) is 0 Å². The lowest BCUT2D eigenvalue weighted by Crippen LogP contribution is -2.47. The predicted octanol–water partition coefficient (Wildman–Crippen LogP) is 2.91. The normalized spacial score (nSPS) is 30.0. The van der Waals surface area contributed by atoms with Crippen molar-refractivity contribution in [2.24, 2.45) is 23.7 Å². The van der Waals surface area contributed by atoms with Crippen LogP contribution in [-0.2, 0) is 28.6 Å². The molecule has 0 aromatic heterocycles. The van der Waals surface area contributed by atoms with E-state index in [2.05, 4.69) is 11.3 Å². The molecule has 5 atom stereocenters. The fourth-order valence-corrected chi connectivity index (χ4v) is 3.44. The van der Waals surface area contributed by atoms with Crippen molar-refractivity contribution in [3.8, 4) is 0 Å². The summed E-state index contributed by atoms with van der Waals surface area (Å²) in [6, 6.07) is 0. The standard InChI is InChI=1S/C16H16F6O6/c1-5(2)10(23)26-13-7-4-6(3)8(9(7)12(25)27-13)11(24)28-14(15(17,18)19)16(20,21)22/h6-9,13-14H,1,4H2,2-3H3. The highest BCUT2D eigenvalue weighted by Crippen LogP contribution is 2.50. The van der Waals surface area contributed by atoms with Gasteiger partial charge in [-0.15, -0.1) is 0 Å². The molecule has 6 nitrogen and oxygen atoms in total. The van der Waals surface area contributed by atoms with E-state index in [1.807, 2.05) is 0 Å². The number of halogens is 6. The Morgan fingerprint density at radius 2 is 1.71 bits per heavy atom. The molecular formula is C16H16F6O6. The molecule has 0 aromatic carbocycles. The molecule has 1 aliphatic heterocycles. The molecule has 0 aromatic rings. The van der Waals surface area contributed by atoms with E-state index in [0.717, 1.165) is 0 Å². The molecule has 0 amide bonds. The summed E-state index contributed by atoms with van der Waals surface area (Å²) >= 11 is 0. The van der Waals surface area contributed by atoms with Crippen LogP contribution in [0.1, 0.15) is 20.3 Å². The first-order chi connectivity index (χ1) is 12.6. The van der Waals surface area contributed by atoms with E-state index in [4.69, 9.17) is 9.47 Å². The van der Waals surface area contributed by atoms with Crippen molar-refractivity contribution in [1.29, 1.82) is 0 Å². The average Bonchev–Trinajstić information content (AvgIpc) is 2.99. The van der Waals surface area contributed by atoms with Crippen LogP contribution < -0.4 is 0 Å². The van der Waals surface area contributed by atoms with Gasteiger partial charge in [0, 0.05) is 11.5 Å². The van der Waals surface area contributed by atoms with Crippen LogP contribution in [0, 0.1) is 23.7 Å². The number of esters is 3. The van der Waals surface area contributed by atoms with Gasteiger partial charge >= 0.3 is 30.3 Å². The highest BCUT2D eigenvalue weighted by Gasteiger charge is 2.63. The summed E-state index contributed by atoms with van der Waals surface area (Å²) in [6.07, 6.45) is -17.5. The van der Waals surface area contributed by atoms with Crippen LogP contribution in [-0.4, -0.2) is 42.7 Å². The maximum Gasteiger partial charge on any atom is 0.434 e. The summed E-state index contributed by atoms with van der Waals surface area (Å²) in [5, 5.41) is 0. The number of alkyl halides is 6. The van der Waals surface area contributed by atoms with E-state index in [-0.39, 0.29) is 12.0 Å². The molecule has 158 valence electrons. The second kappa shape index (κ2) is 7.28. The lowest BCUT2D eigenvalue weighted by atomic mass is 9.88. The molecule has 12 heteroatoms. The Hall–Kier alpha value is -2.27. The number of hydrogen-bond acceptors (Lipinski definition) is 6. The Bertz CT molecular complexity index is 670. The minimum absolute atomic E-state index is 0.00693. The van der Waals surface area contributed by atoms with Gasteiger partial charge in [0.05, 0.1) is 11.8 Å². The zero-order chi connectivity index (χ0) is 21.6. The summed E-state index contributed by atoms with van der Waals surface area (Å²) in [4.78, 5) is 35.8. The number of carbonyl (C=O) groups excluding carboxylic acids is 3. The molecule has 2 fully saturated rings. The van der Waals surface area contributed by atoms with Crippen molar-refractivity contribution >= 4 is 17.9 Å². The minimum atomic E-state index is -5.87. The smallest absolute Gasteiger partial charge is 0.434 e. The molecule has 0 spiro atoms. The maximum absolute atomic E-state index is 12.6. The molecule has 1 saturated heterocycles. The second-order valence-electron chi connectivity index (χ2n) is 6.82. The molecular weight excluding hydrogens is 402 g/mol. The molecule has 0 N–H and O–H groups in total. The van der Waals surface area contributed by atoms with Crippen LogP contribution in [0.5, 0.6) is 0 Å². The van der Waals surface area contributed by atoms with Crippen LogP contribution in [0.25, 0.3) is 0 Å². The average molecular weight is 418 g/mol. The Labute approximate surface area is 154 Å². The molecule has 1 aliphatic carbocycles. The Balaban J connectivity index is 2.20. The van der Waals surface area contributed by atoms with Gasteiger partial charge in [-0.25, -0.2) is 4.79 Å². The molecule has 2 aliphatic rings. The largest absolute Gasteiger partial charge is 0.443 e. The Morgan fingerprint density at radius 3 is 2.18 bits per heavy atom. The van der Waals surface area contributed by atoms with Crippen molar-refractivity contribution in [2.75, 3.05) is 0 Å². The van der Waals surface area contributed by atoms with Gasteiger partial charge in [0.2, 0.25) is 0 Å². The topological polar surface area (TPSA) is 78.9 Å². The fraction of sp³-hybridized carbons (Fsp3) is 0.688. The first-order valence-electron chi connectivity index (χ1n) is 8.05. The molecule has 1 heterocycles. The number of carbonyl (C=O) groups is 3. The molecule has 0 radical (unpaired) electrons. The van der Waals surface area contributed by atoms with E-state index in [1.54, 1.807) is 0 Å². The van der Waals surface area contributed by atoms with Crippen LogP contribution in [0.3, 0.4) is 0 Å². The Morgan fingerprint density at radius 1 is 1.18 bits per heavy atom. The van der Waals surface area contributed by atoms with Crippen LogP contribution >= 0.6 is 0 Å². The van der Waals surface area contributed by atoms with Crippen molar-refractivity contribution in [1.82, 2.24) is 0 Å². The number of ether oxygens (including phenoxy) is 3. The van der Waals surface area contributed by atoms with E-state index >= 15 is 0 Å². The van der Waals surface area contributed by atoms with E-state index in [1.165, 1.54) is 13.8 Å². The Kier molecular flexibility index (Phi) is 5.73. The van der Waals surface area contributed by atoms with Crippen molar-refractivity contribution in [2.45, 2.75) is 45.0 Å². The van der Waals surface area contributed by atoms with Gasteiger partial charge in [-0.05, 0) is 19.3 Å². The highest BCUT2D eigenvalue weighted by molar-refractivity contribution is 5.88. The SMILES string of the molecule is C=C(C)C(=O)OC1OC(=O)C2C1CC(C)C2C(=O)OC(C(F)(F)F)C(F)(F)F. The van der Waals surface area contributed by atoms with Gasteiger partial charge in [-0.2, -0.15) is 26.3 Å². The molecule has 5 unspecified atom stereocenters. The third kappa shape index (κ3) is 4.25. The zero-order valence-corrected chi connectivity index (χ0v) is 14.6. The number of fused-ring (bicyclic) bond motifs is 1. The lowest BCUT2D eigenvalue weighted by Gasteiger charge is -2.26. The van der Waals surface area contributed by atoms with Gasteiger partial charge in [0.15, 0.2) is 0 Å². The number of hydrogen-bond donors (Lipinski definition) is 0. The van der Waals surface area contributed by atoms with Gasteiger partial charge < -0.3 is 14.2 Å². The molecule has 1 saturated carbocycles. The van der Waals surface area contributed by atoms with Crippen molar-refractivity contribution in [3.63, 3.8) is 0 Å². The summed E-state index contributed by atoms with van der Waals surface area (Å²) < 4.78 is 89.3. The van der Waals surface area contributed by atoms with Crippen molar-refractivity contribution < 1.29 is 54.9 Å². The highest BCUT2D eigenvalue weighted by atomic mass is 19.4. The third-order valence-electron chi connectivity index (χ3n) is 4.63. The van der Waals surface area contributed by atoms with Gasteiger partial charge in [0.1, 0.15) is 0 Å². The summed E-state index contributed by atoms with van der Waals surface area (Å²) in [5.74, 6) is -8.46. The lowest BCUT2D eigenvalue weighted by molar-refractivity contribution is -0.314. The second-order valence-corrected chi connectivity index (χ2v) is 6.82. The van der Waals surface area contributed by atoms with E-state index in [9.17, 15) is 40.7 Å². The fourth-order valence-electron chi connectivity index (χ4n) is 3.44. The zero-order valence-electron chi connectivity index (χ0n) is 14.6. The summed E-state index contributed by atoms with van der Waals surface area (Å²) in [7, 11) is 0. The molecule has 28 heavy (non-hydrogen) atoms. The first kappa shape index (κ1) is 22.0. The van der Waals surface area contributed by atoms with Crippen LogP contribution in [0.15, 0.2) is 12.2 Å². The third-order valence-corrected chi connectivity index (χ3v) is 4.63. The quantitative estimate of drug-likeness (QED) is 0.397. The molecule has 0 bridgehead atoms. The van der Waals surface area contributed by atoms with E-state index < -0.39 is 66.3 Å². The first-order valence-corrected chi connectivity index (χ1v) is 8.05. The summed E-state index contributed by atoms with van der Waals surface area (Å²) in [6.45, 7) is 6.02. The van der Waals surface area contributed by atoms with Gasteiger partial charge in [-0.1, -0.05) is 13.5 Å². The predicted molar refractivity (Wildman–Crippen MR) is 77.0 cm³/mol. The number of rotatable bonds is 4. The van der Waals surface area contributed by atoms with Crippen LogP contribution in [0.4, 0.5) is 26.3 Å². The monoisotopic (exact) mass is 418 g/mol. The van der Waals surface area contributed by atoms with Crippen molar-refractivity contribution in [3.05, 3.63) is 12.2 Å². The minimum Gasteiger partial charge on any atom is -0.443 e. The van der Waals surface area contributed by atoms with Crippen LogP contribution in [0.2, 0.25) is 0 Å². The number of cyclic esters (lactones) is 1. The maximum atomic E-state index is 12.6. The van der Waals surface area contributed by atoms with Gasteiger partial charge in [-0.3, -0.25) is 9.59 Å². The summed E-state index contributed by atoms with van der Waals surface area (Å²) in [5.41, 5.74) is -0.0142. The van der Waals surface area contributed by atoms with Gasteiger partial charge in [0.25, 0.3) is 12.4 Å². The molecule has 2 rings (SSSR count).